The van der Waals surface area contributed by atoms with Crippen LogP contribution in [0.1, 0.15) is 41.9 Å². The Morgan fingerprint density at radius 1 is 1.53 bits per heavy atom. The van der Waals surface area contributed by atoms with E-state index in [1.54, 1.807) is 0 Å². The maximum atomic E-state index is 10.5. The maximum absolute atomic E-state index is 10.5. The van der Waals surface area contributed by atoms with Gasteiger partial charge in [0.1, 0.15) is 0 Å². The summed E-state index contributed by atoms with van der Waals surface area (Å²) in [5.74, 6) is -0.225. The van der Waals surface area contributed by atoms with Crippen LogP contribution >= 0.6 is 0 Å². The number of aliphatic carboxylic acids is 1. The van der Waals surface area contributed by atoms with Gasteiger partial charge >= 0.3 is 5.97 Å². The van der Waals surface area contributed by atoms with E-state index < -0.39 is 5.97 Å². The summed E-state index contributed by atoms with van der Waals surface area (Å²) in [7, 11) is 0. The van der Waals surface area contributed by atoms with E-state index in [4.69, 9.17) is 5.11 Å². The summed E-state index contributed by atoms with van der Waals surface area (Å²) in [5.41, 5.74) is 4.06. The van der Waals surface area contributed by atoms with Gasteiger partial charge in [-0.1, -0.05) is 23.8 Å². The summed E-state index contributed by atoms with van der Waals surface area (Å²) < 4.78 is 0. The predicted octanol–water partition coefficient (Wildman–Crippen LogP) is 2.44. The smallest absolute Gasteiger partial charge is 0.303 e. The van der Waals surface area contributed by atoms with Gasteiger partial charge < -0.3 is 10.4 Å². The first-order valence-electron chi connectivity index (χ1n) is 6.19. The Hall–Kier alpha value is -1.35. The van der Waals surface area contributed by atoms with Crippen molar-refractivity contribution in [3.8, 4) is 0 Å². The molecule has 17 heavy (non-hydrogen) atoms. The van der Waals surface area contributed by atoms with Crippen LogP contribution in [-0.2, 0) is 11.3 Å². The first kappa shape index (κ1) is 12.1. The molecule has 92 valence electrons. The molecule has 1 aliphatic rings. The number of carbonyl (C=O) groups is 1. The minimum absolute atomic E-state index is 0.275. The molecule has 1 atom stereocenters. The van der Waals surface area contributed by atoms with Crippen LogP contribution in [0.3, 0.4) is 0 Å². The molecular formula is C14H19NO2. The van der Waals surface area contributed by atoms with Gasteiger partial charge in [0.25, 0.3) is 0 Å². The van der Waals surface area contributed by atoms with Crippen LogP contribution in [0, 0.1) is 6.92 Å². The lowest BCUT2D eigenvalue weighted by molar-refractivity contribution is -0.137. The third-order valence-corrected chi connectivity index (χ3v) is 3.39. The molecule has 1 unspecified atom stereocenters. The highest BCUT2D eigenvalue weighted by atomic mass is 16.4. The minimum Gasteiger partial charge on any atom is -0.481 e. The highest BCUT2D eigenvalue weighted by Crippen LogP contribution is 2.28. The topological polar surface area (TPSA) is 49.3 Å². The highest BCUT2D eigenvalue weighted by Gasteiger charge is 2.19. The number of nitrogens with one attached hydrogen (secondary N) is 1. The molecule has 0 saturated carbocycles. The second kappa shape index (κ2) is 5.32. The predicted molar refractivity (Wildman–Crippen MR) is 67.1 cm³/mol. The molecule has 0 aliphatic carbocycles. The Bertz CT molecular complexity index is 415. The zero-order valence-electron chi connectivity index (χ0n) is 10.2. The van der Waals surface area contributed by atoms with Gasteiger partial charge in [0.05, 0.1) is 0 Å². The van der Waals surface area contributed by atoms with Crippen molar-refractivity contribution in [3.05, 3.63) is 34.9 Å². The number of hydrogen-bond acceptors (Lipinski definition) is 2. The van der Waals surface area contributed by atoms with E-state index in [1.807, 2.05) is 0 Å². The van der Waals surface area contributed by atoms with E-state index in [1.165, 1.54) is 16.7 Å². The van der Waals surface area contributed by atoms with Crippen molar-refractivity contribution in [3.63, 3.8) is 0 Å². The Balaban J connectivity index is 2.04. The molecule has 1 heterocycles. The number of hydrogen-bond donors (Lipinski definition) is 2. The van der Waals surface area contributed by atoms with Crippen molar-refractivity contribution in [1.29, 1.82) is 0 Å². The molecule has 1 aromatic carbocycles. The van der Waals surface area contributed by atoms with Crippen molar-refractivity contribution in [2.45, 2.75) is 38.6 Å². The number of rotatable bonds is 4. The van der Waals surface area contributed by atoms with E-state index >= 15 is 0 Å². The van der Waals surface area contributed by atoms with Gasteiger partial charge in [-0.05, 0) is 36.8 Å². The molecule has 1 aliphatic heterocycles. The molecule has 2 N–H and O–H groups in total. The maximum Gasteiger partial charge on any atom is 0.303 e. The summed E-state index contributed by atoms with van der Waals surface area (Å²) in [6.45, 7) is 4.01. The molecule has 0 amide bonds. The molecule has 0 bridgehead atoms. The highest BCUT2D eigenvalue weighted by molar-refractivity contribution is 5.66. The normalized spacial score (nSPS) is 18.8. The molecule has 0 saturated heterocycles. The second-order valence-corrected chi connectivity index (χ2v) is 4.82. The molecule has 1 aromatic rings. The zero-order valence-corrected chi connectivity index (χ0v) is 10.2. The van der Waals surface area contributed by atoms with Crippen molar-refractivity contribution >= 4 is 5.97 Å². The number of fused-ring (bicyclic) bond motifs is 1. The fourth-order valence-corrected chi connectivity index (χ4v) is 2.53. The van der Waals surface area contributed by atoms with Crippen LogP contribution in [0.4, 0.5) is 0 Å². The Morgan fingerprint density at radius 2 is 2.35 bits per heavy atom. The first-order valence-corrected chi connectivity index (χ1v) is 6.19. The Labute approximate surface area is 102 Å². The fraction of sp³-hybridized carbons (Fsp3) is 0.500. The van der Waals surface area contributed by atoms with Crippen LogP contribution in [-0.4, -0.2) is 17.6 Å². The minimum atomic E-state index is -0.696. The molecule has 2 rings (SSSR count). The quantitative estimate of drug-likeness (QED) is 0.839. The van der Waals surface area contributed by atoms with Gasteiger partial charge in [0.15, 0.2) is 0 Å². The summed E-state index contributed by atoms with van der Waals surface area (Å²) in [6, 6.07) is 6.58. The first-order chi connectivity index (χ1) is 8.16. The monoisotopic (exact) mass is 233 g/mol. The van der Waals surface area contributed by atoms with Gasteiger partial charge in [-0.15, -0.1) is 0 Å². The molecule has 3 heteroatoms. The standard InChI is InChI=1S/C14H19NO2/c1-10-5-6-13-11(3-2-4-14(16)17)8-15-9-12(13)7-10/h5-7,11,15H,2-4,8-9H2,1H3,(H,16,17). The summed E-state index contributed by atoms with van der Waals surface area (Å²) >= 11 is 0. The van der Waals surface area contributed by atoms with E-state index in [9.17, 15) is 4.79 Å². The van der Waals surface area contributed by atoms with Crippen LogP contribution in [0.15, 0.2) is 18.2 Å². The molecule has 0 aromatic heterocycles. The van der Waals surface area contributed by atoms with E-state index in [2.05, 4.69) is 30.4 Å². The van der Waals surface area contributed by atoms with Crippen LogP contribution in [0.2, 0.25) is 0 Å². The third kappa shape index (κ3) is 3.07. The number of aryl methyl sites for hydroxylation is 1. The van der Waals surface area contributed by atoms with Crippen molar-refractivity contribution in [1.82, 2.24) is 5.32 Å². The number of carboxylic acid groups (broad SMARTS) is 1. The van der Waals surface area contributed by atoms with Crippen molar-refractivity contribution in [2.24, 2.45) is 0 Å². The van der Waals surface area contributed by atoms with E-state index in [0.717, 1.165) is 25.9 Å². The third-order valence-electron chi connectivity index (χ3n) is 3.39. The lowest BCUT2D eigenvalue weighted by atomic mass is 9.86. The Kier molecular flexibility index (Phi) is 3.79. The average Bonchev–Trinajstić information content (AvgIpc) is 2.28. The average molecular weight is 233 g/mol. The zero-order chi connectivity index (χ0) is 12.3. The SMILES string of the molecule is Cc1ccc2c(c1)CNCC2CCCC(=O)O. The van der Waals surface area contributed by atoms with Crippen LogP contribution in [0.25, 0.3) is 0 Å². The lowest BCUT2D eigenvalue weighted by Gasteiger charge is -2.26. The fourth-order valence-electron chi connectivity index (χ4n) is 2.53. The second-order valence-electron chi connectivity index (χ2n) is 4.82. The summed E-state index contributed by atoms with van der Waals surface area (Å²) in [6.07, 6.45) is 1.99. The number of carboxylic acids is 1. The van der Waals surface area contributed by atoms with E-state index in [-0.39, 0.29) is 6.42 Å². The summed E-state index contributed by atoms with van der Waals surface area (Å²) in [5, 5.41) is 12.1. The van der Waals surface area contributed by atoms with Gasteiger partial charge in [-0.3, -0.25) is 4.79 Å². The molecule has 0 fully saturated rings. The van der Waals surface area contributed by atoms with Crippen molar-refractivity contribution < 1.29 is 9.90 Å². The number of benzene rings is 1. The lowest BCUT2D eigenvalue weighted by Crippen LogP contribution is -2.28. The van der Waals surface area contributed by atoms with Gasteiger partial charge in [-0.2, -0.15) is 0 Å². The largest absolute Gasteiger partial charge is 0.481 e. The summed E-state index contributed by atoms with van der Waals surface area (Å²) in [4.78, 5) is 10.5. The van der Waals surface area contributed by atoms with Crippen LogP contribution < -0.4 is 5.32 Å². The van der Waals surface area contributed by atoms with E-state index in [0.29, 0.717) is 5.92 Å². The van der Waals surface area contributed by atoms with Crippen molar-refractivity contribution in [2.75, 3.05) is 6.54 Å². The molecule has 0 radical (unpaired) electrons. The van der Waals surface area contributed by atoms with Gasteiger partial charge in [0.2, 0.25) is 0 Å². The van der Waals surface area contributed by atoms with Gasteiger partial charge in [-0.25, -0.2) is 0 Å². The molecule has 3 nitrogen and oxygen atoms in total. The van der Waals surface area contributed by atoms with Gasteiger partial charge in [0, 0.05) is 19.5 Å². The van der Waals surface area contributed by atoms with Crippen LogP contribution in [0.5, 0.6) is 0 Å². The molecule has 0 spiro atoms. The Morgan fingerprint density at radius 3 is 3.12 bits per heavy atom. The molecular weight excluding hydrogens is 214 g/mol.